The predicted octanol–water partition coefficient (Wildman–Crippen LogP) is 3.49. The lowest BCUT2D eigenvalue weighted by Crippen LogP contribution is -2.49. The highest BCUT2D eigenvalue weighted by atomic mass is 32.2. The summed E-state index contributed by atoms with van der Waals surface area (Å²) in [5.74, 6) is 1.51. The molecular formula is C21H32N4O3S. The second-order valence-electron chi connectivity index (χ2n) is 8.35. The van der Waals surface area contributed by atoms with Gasteiger partial charge in [0.05, 0.1) is 10.9 Å². The van der Waals surface area contributed by atoms with Gasteiger partial charge in [0.1, 0.15) is 0 Å². The fraction of sp³-hybridized carbons (Fsp3) is 0.619. The molecule has 0 amide bonds. The van der Waals surface area contributed by atoms with Crippen molar-refractivity contribution in [2.24, 2.45) is 0 Å². The van der Waals surface area contributed by atoms with Gasteiger partial charge in [0.15, 0.2) is 5.82 Å². The summed E-state index contributed by atoms with van der Waals surface area (Å²) in [5.41, 5.74) is 3.71. The lowest BCUT2D eigenvalue weighted by Gasteiger charge is -2.36. The maximum atomic E-state index is 13.4. The highest BCUT2D eigenvalue weighted by Gasteiger charge is 2.34. The summed E-state index contributed by atoms with van der Waals surface area (Å²) in [4.78, 5) is 7.16. The number of nitrogens with zero attached hydrogens (tertiary/aromatic N) is 4. The lowest BCUT2D eigenvalue weighted by molar-refractivity contribution is 0.124. The average molecular weight is 421 g/mol. The minimum absolute atomic E-state index is 0.0375. The number of benzene rings is 1. The minimum Gasteiger partial charge on any atom is -0.338 e. The van der Waals surface area contributed by atoms with Crippen LogP contribution in [0.5, 0.6) is 0 Å². The van der Waals surface area contributed by atoms with E-state index in [2.05, 4.69) is 21.1 Å². The topological polar surface area (TPSA) is 79.5 Å². The van der Waals surface area contributed by atoms with Crippen LogP contribution in [0.25, 0.3) is 0 Å². The summed E-state index contributed by atoms with van der Waals surface area (Å²) in [5, 5.41) is 4.04. The maximum absolute atomic E-state index is 13.4. The van der Waals surface area contributed by atoms with E-state index in [9.17, 15) is 8.42 Å². The number of rotatable bonds is 5. The Morgan fingerprint density at radius 2 is 1.52 bits per heavy atom. The first-order valence-corrected chi connectivity index (χ1v) is 11.6. The van der Waals surface area contributed by atoms with Crippen molar-refractivity contribution in [1.82, 2.24) is 19.3 Å². The minimum atomic E-state index is -3.53. The smallest absolute Gasteiger partial charge is 0.243 e. The van der Waals surface area contributed by atoms with Crippen LogP contribution in [-0.4, -0.2) is 53.9 Å². The third-order valence-corrected chi connectivity index (χ3v) is 8.22. The average Bonchev–Trinajstić information content (AvgIpc) is 3.16. The number of hydrogen-bond acceptors (Lipinski definition) is 6. The van der Waals surface area contributed by atoms with Crippen molar-refractivity contribution in [1.29, 1.82) is 0 Å². The largest absolute Gasteiger partial charge is 0.338 e. The van der Waals surface area contributed by atoms with Gasteiger partial charge in [-0.2, -0.15) is 9.29 Å². The van der Waals surface area contributed by atoms with Crippen LogP contribution >= 0.6 is 0 Å². The number of sulfonamides is 1. The molecule has 2 heterocycles. The van der Waals surface area contributed by atoms with E-state index in [4.69, 9.17) is 4.52 Å². The molecule has 1 aromatic carbocycles. The summed E-state index contributed by atoms with van der Waals surface area (Å²) >= 11 is 0. The number of hydrogen-bond donors (Lipinski definition) is 0. The Kier molecular flexibility index (Phi) is 6.17. The van der Waals surface area contributed by atoms with Crippen LogP contribution in [0.15, 0.2) is 15.5 Å². The first-order chi connectivity index (χ1) is 13.5. The summed E-state index contributed by atoms with van der Waals surface area (Å²) in [6.45, 7) is 16.0. The summed E-state index contributed by atoms with van der Waals surface area (Å²) in [7, 11) is -3.53. The Hall–Kier alpha value is -1.77. The van der Waals surface area contributed by atoms with E-state index in [1.807, 2.05) is 48.5 Å². The van der Waals surface area contributed by atoms with E-state index in [1.54, 1.807) is 4.31 Å². The molecule has 0 radical (unpaired) electrons. The fourth-order valence-electron chi connectivity index (χ4n) is 3.84. The molecule has 0 spiro atoms. The lowest BCUT2D eigenvalue weighted by atomic mass is 10.0. The van der Waals surface area contributed by atoms with Crippen LogP contribution in [0.2, 0.25) is 0 Å². The first kappa shape index (κ1) is 21.9. The SMILES string of the molecule is Cc1cc(C)c(C)c(S(=O)(=O)N2CCN(C(C)c3nc(C(C)C)no3)CC2)c1C. The van der Waals surface area contributed by atoms with Crippen LogP contribution in [0.1, 0.15) is 66.7 Å². The van der Waals surface area contributed by atoms with Crippen molar-refractivity contribution in [3.63, 3.8) is 0 Å². The molecule has 1 unspecified atom stereocenters. The van der Waals surface area contributed by atoms with Gasteiger partial charge in [0.25, 0.3) is 0 Å². The van der Waals surface area contributed by atoms with Crippen LogP contribution in [0.3, 0.4) is 0 Å². The van der Waals surface area contributed by atoms with Gasteiger partial charge in [0.2, 0.25) is 15.9 Å². The van der Waals surface area contributed by atoms with E-state index in [1.165, 1.54) is 0 Å². The molecule has 29 heavy (non-hydrogen) atoms. The summed E-state index contributed by atoms with van der Waals surface area (Å²) in [6, 6.07) is 2.02. The molecule has 1 aliphatic rings. The summed E-state index contributed by atoms with van der Waals surface area (Å²) in [6.07, 6.45) is 0. The molecule has 3 rings (SSSR count). The van der Waals surface area contributed by atoms with E-state index in [0.717, 1.165) is 22.3 Å². The normalized spacial score (nSPS) is 17.8. The molecule has 2 aromatic rings. The zero-order chi connectivity index (χ0) is 21.5. The van der Waals surface area contributed by atoms with Crippen molar-refractivity contribution in [3.05, 3.63) is 40.0 Å². The van der Waals surface area contributed by atoms with E-state index in [-0.39, 0.29) is 12.0 Å². The monoisotopic (exact) mass is 420 g/mol. The molecule has 0 bridgehead atoms. The molecule has 1 aromatic heterocycles. The van der Waals surface area contributed by atoms with Crippen molar-refractivity contribution < 1.29 is 12.9 Å². The molecule has 160 valence electrons. The maximum Gasteiger partial charge on any atom is 0.243 e. The van der Waals surface area contributed by atoms with Crippen LogP contribution < -0.4 is 0 Å². The molecule has 1 aliphatic heterocycles. The molecule has 7 nitrogen and oxygen atoms in total. The molecule has 8 heteroatoms. The first-order valence-electron chi connectivity index (χ1n) is 10.2. The molecule has 0 saturated carbocycles. The van der Waals surface area contributed by atoms with Crippen molar-refractivity contribution in [2.75, 3.05) is 26.2 Å². The molecule has 0 N–H and O–H groups in total. The van der Waals surface area contributed by atoms with Gasteiger partial charge in [-0.15, -0.1) is 0 Å². The molecule has 1 atom stereocenters. The third kappa shape index (κ3) is 4.11. The summed E-state index contributed by atoms with van der Waals surface area (Å²) < 4.78 is 33.9. The van der Waals surface area contributed by atoms with E-state index >= 15 is 0 Å². The third-order valence-electron chi connectivity index (χ3n) is 6.05. The second kappa shape index (κ2) is 8.16. The van der Waals surface area contributed by atoms with Gasteiger partial charge in [-0.25, -0.2) is 8.42 Å². The Balaban J connectivity index is 1.76. The van der Waals surface area contributed by atoms with E-state index < -0.39 is 10.0 Å². The van der Waals surface area contributed by atoms with Gasteiger partial charge < -0.3 is 4.52 Å². The molecule has 1 saturated heterocycles. The quantitative estimate of drug-likeness (QED) is 0.737. The molecule has 1 fully saturated rings. The fourth-order valence-corrected chi connectivity index (χ4v) is 5.83. The van der Waals surface area contributed by atoms with Crippen LogP contribution in [0, 0.1) is 27.7 Å². The van der Waals surface area contributed by atoms with Crippen LogP contribution in [-0.2, 0) is 10.0 Å². The van der Waals surface area contributed by atoms with E-state index in [0.29, 0.717) is 42.8 Å². The predicted molar refractivity (Wildman–Crippen MR) is 113 cm³/mol. The van der Waals surface area contributed by atoms with Gasteiger partial charge in [0, 0.05) is 32.1 Å². The Morgan fingerprint density at radius 1 is 0.966 bits per heavy atom. The van der Waals surface area contributed by atoms with Gasteiger partial charge in [-0.05, 0) is 56.9 Å². The Bertz CT molecular complexity index is 963. The molecule has 0 aliphatic carbocycles. The van der Waals surface area contributed by atoms with Crippen LogP contribution in [0.4, 0.5) is 0 Å². The highest BCUT2D eigenvalue weighted by molar-refractivity contribution is 7.89. The second-order valence-corrected chi connectivity index (χ2v) is 10.2. The number of piperazine rings is 1. The van der Waals surface area contributed by atoms with Crippen molar-refractivity contribution in [3.8, 4) is 0 Å². The number of aryl methyl sites for hydroxylation is 2. The standard InChI is InChI=1S/C21H32N4O3S/c1-13(2)20-22-21(28-23-20)18(7)24-8-10-25(11-9-24)29(26,27)19-16(5)14(3)12-15(4)17(19)6/h12-13,18H,8-11H2,1-7H3. The van der Waals surface area contributed by atoms with Crippen molar-refractivity contribution in [2.45, 2.75) is 65.3 Å². The number of aromatic nitrogens is 2. The zero-order valence-corrected chi connectivity index (χ0v) is 19.3. The Morgan fingerprint density at radius 3 is 2.00 bits per heavy atom. The molecular weight excluding hydrogens is 388 g/mol. The zero-order valence-electron chi connectivity index (χ0n) is 18.5. The van der Waals surface area contributed by atoms with Crippen molar-refractivity contribution >= 4 is 10.0 Å². The van der Waals surface area contributed by atoms with Gasteiger partial charge >= 0.3 is 0 Å². The Labute approximate surface area is 174 Å². The van der Waals surface area contributed by atoms with Gasteiger partial charge in [-0.1, -0.05) is 25.1 Å². The van der Waals surface area contributed by atoms with Gasteiger partial charge in [-0.3, -0.25) is 4.90 Å². The highest BCUT2D eigenvalue weighted by Crippen LogP contribution is 2.30.